The predicted octanol–water partition coefficient (Wildman–Crippen LogP) is 2.96. The number of nitrogens with one attached hydrogen (secondary N) is 2. The van der Waals surface area contributed by atoms with E-state index in [4.69, 9.17) is 9.47 Å². The summed E-state index contributed by atoms with van der Waals surface area (Å²) in [4.78, 5) is 20.8. The van der Waals surface area contributed by atoms with E-state index in [0.717, 1.165) is 0 Å². The Balaban J connectivity index is 2.17. The molecular weight excluding hydrogens is 308 g/mol. The second-order valence-electron chi connectivity index (χ2n) is 6.16. The Morgan fingerprint density at radius 2 is 1.79 bits per heavy atom. The van der Waals surface area contributed by atoms with Crippen LogP contribution in [-0.4, -0.2) is 35.6 Å². The highest BCUT2D eigenvalue weighted by Gasteiger charge is 2.14. The third-order valence-corrected chi connectivity index (χ3v) is 3.02. The molecule has 0 spiro atoms. The van der Waals surface area contributed by atoms with Gasteiger partial charge in [0.25, 0.3) is 5.91 Å². The van der Waals surface area contributed by atoms with Crippen molar-refractivity contribution < 1.29 is 14.3 Å². The largest absolute Gasteiger partial charge is 0.493 e. The fraction of sp³-hybridized carbons (Fsp3) is 0.353. The van der Waals surface area contributed by atoms with Gasteiger partial charge in [0.1, 0.15) is 5.69 Å². The van der Waals surface area contributed by atoms with Crippen molar-refractivity contribution in [3.05, 3.63) is 36.2 Å². The molecule has 0 unspecified atom stereocenters. The number of nitrogens with zero attached hydrogens (tertiary/aromatic N) is 2. The molecule has 0 aliphatic carbocycles. The average molecular weight is 330 g/mol. The normalized spacial score (nSPS) is 10.9. The number of hydrogen-bond acceptors (Lipinski definition) is 6. The summed E-state index contributed by atoms with van der Waals surface area (Å²) < 4.78 is 10.4. The topological polar surface area (TPSA) is 85.4 Å². The van der Waals surface area contributed by atoms with E-state index in [1.165, 1.54) is 0 Å². The number of amides is 1. The molecule has 0 aliphatic heterocycles. The summed E-state index contributed by atoms with van der Waals surface area (Å²) in [6.45, 7) is 5.98. The molecule has 128 valence electrons. The minimum atomic E-state index is -0.332. The molecule has 0 bridgehead atoms. The first-order valence-corrected chi connectivity index (χ1v) is 7.47. The fourth-order valence-electron chi connectivity index (χ4n) is 1.99. The Kier molecular flexibility index (Phi) is 5.23. The molecule has 1 heterocycles. The van der Waals surface area contributed by atoms with Crippen LogP contribution in [0.25, 0.3) is 0 Å². The lowest BCUT2D eigenvalue weighted by atomic mass is 10.1. The Morgan fingerprint density at radius 1 is 1.08 bits per heavy atom. The van der Waals surface area contributed by atoms with E-state index in [1.54, 1.807) is 44.7 Å². The zero-order chi connectivity index (χ0) is 17.7. The molecule has 0 saturated heterocycles. The lowest BCUT2D eigenvalue weighted by molar-refractivity contribution is 0.102. The number of ether oxygens (including phenoxy) is 2. The second-order valence-corrected chi connectivity index (χ2v) is 6.16. The van der Waals surface area contributed by atoms with Gasteiger partial charge in [-0.3, -0.25) is 4.79 Å². The Bertz CT molecular complexity index is 726. The molecular formula is C17H22N4O3. The van der Waals surface area contributed by atoms with Gasteiger partial charge in [0, 0.05) is 23.5 Å². The van der Waals surface area contributed by atoms with Crippen LogP contribution < -0.4 is 20.1 Å². The molecule has 0 atom stereocenters. The van der Waals surface area contributed by atoms with Gasteiger partial charge < -0.3 is 20.1 Å². The monoisotopic (exact) mass is 330 g/mol. The quantitative estimate of drug-likeness (QED) is 0.877. The molecule has 1 amide bonds. The van der Waals surface area contributed by atoms with Crippen LogP contribution in [0, 0.1) is 0 Å². The number of benzene rings is 1. The average Bonchev–Trinajstić information content (AvgIpc) is 2.53. The smallest absolute Gasteiger partial charge is 0.274 e. The minimum absolute atomic E-state index is 0.196. The van der Waals surface area contributed by atoms with Gasteiger partial charge in [0.05, 0.1) is 14.2 Å². The van der Waals surface area contributed by atoms with Gasteiger partial charge in [-0.15, -0.1) is 0 Å². The van der Waals surface area contributed by atoms with E-state index in [-0.39, 0.29) is 17.1 Å². The summed E-state index contributed by atoms with van der Waals surface area (Å²) in [5.74, 6) is 1.20. The molecule has 0 fully saturated rings. The van der Waals surface area contributed by atoms with Gasteiger partial charge in [-0.05, 0) is 39.0 Å². The maximum Gasteiger partial charge on any atom is 0.274 e. The van der Waals surface area contributed by atoms with E-state index in [1.807, 2.05) is 20.8 Å². The molecule has 24 heavy (non-hydrogen) atoms. The summed E-state index contributed by atoms with van der Waals surface area (Å²) in [7, 11) is 3.10. The zero-order valence-corrected chi connectivity index (χ0v) is 14.5. The molecule has 1 aromatic heterocycles. The molecule has 7 heteroatoms. The van der Waals surface area contributed by atoms with E-state index in [2.05, 4.69) is 20.6 Å². The molecule has 0 saturated carbocycles. The van der Waals surface area contributed by atoms with Crippen molar-refractivity contribution in [2.24, 2.45) is 0 Å². The fourth-order valence-corrected chi connectivity index (χ4v) is 1.99. The summed E-state index contributed by atoms with van der Waals surface area (Å²) in [5, 5.41) is 5.92. The molecule has 2 N–H and O–H groups in total. The molecule has 2 aromatic rings. The summed E-state index contributed by atoms with van der Waals surface area (Å²) in [6.07, 6.45) is 1.55. The Labute approximate surface area is 141 Å². The van der Waals surface area contributed by atoms with Crippen molar-refractivity contribution in [2.75, 3.05) is 24.9 Å². The molecule has 7 nitrogen and oxygen atoms in total. The van der Waals surface area contributed by atoms with Crippen molar-refractivity contribution in [1.82, 2.24) is 9.97 Å². The SMILES string of the molecule is COc1ccc(NC(=O)c2ccnc(NC(C)(C)C)n2)cc1OC. The number of aromatic nitrogens is 2. The number of hydrogen-bond donors (Lipinski definition) is 2. The van der Waals surface area contributed by atoms with Gasteiger partial charge in [0.15, 0.2) is 11.5 Å². The number of carbonyl (C=O) groups excluding carboxylic acids is 1. The number of carbonyl (C=O) groups is 1. The lowest BCUT2D eigenvalue weighted by Crippen LogP contribution is -2.28. The van der Waals surface area contributed by atoms with E-state index in [9.17, 15) is 4.79 Å². The number of anilines is 2. The van der Waals surface area contributed by atoms with Gasteiger partial charge in [-0.1, -0.05) is 0 Å². The molecule has 0 aliphatic rings. The van der Waals surface area contributed by atoms with Crippen molar-refractivity contribution in [3.63, 3.8) is 0 Å². The zero-order valence-electron chi connectivity index (χ0n) is 14.5. The summed E-state index contributed by atoms with van der Waals surface area (Å²) >= 11 is 0. The van der Waals surface area contributed by atoms with Crippen LogP contribution in [0.5, 0.6) is 11.5 Å². The number of methoxy groups -OCH3 is 2. The predicted molar refractivity (Wildman–Crippen MR) is 92.9 cm³/mol. The molecule has 1 aromatic carbocycles. The van der Waals surface area contributed by atoms with Crippen LogP contribution in [0.2, 0.25) is 0 Å². The maximum absolute atomic E-state index is 12.4. The maximum atomic E-state index is 12.4. The van der Waals surface area contributed by atoms with Crippen molar-refractivity contribution in [3.8, 4) is 11.5 Å². The third kappa shape index (κ3) is 4.58. The first kappa shape index (κ1) is 17.5. The van der Waals surface area contributed by atoms with Crippen LogP contribution >= 0.6 is 0 Å². The van der Waals surface area contributed by atoms with Crippen LogP contribution in [0.15, 0.2) is 30.5 Å². The first-order valence-electron chi connectivity index (χ1n) is 7.47. The minimum Gasteiger partial charge on any atom is -0.493 e. The molecule has 0 radical (unpaired) electrons. The third-order valence-electron chi connectivity index (χ3n) is 3.02. The Hall–Kier alpha value is -2.83. The highest BCUT2D eigenvalue weighted by atomic mass is 16.5. The van der Waals surface area contributed by atoms with Crippen LogP contribution in [0.3, 0.4) is 0 Å². The van der Waals surface area contributed by atoms with Gasteiger partial charge in [-0.2, -0.15) is 0 Å². The van der Waals surface area contributed by atoms with Crippen LogP contribution in [0.1, 0.15) is 31.3 Å². The summed E-state index contributed by atoms with van der Waals surface area (Å²) in [6, 6.07) is 6.70. The highest BCUT2D eigenvalue weighted by Crippen LogP contribution is 2.29. The van der Waals surface area contributed by atoms with Gasteiger partial charge >= 0.3 is 0 Å². The van der Waals surface area contributed by atoms with Crippen molar-refractivity contribution in [1.29, 1.82) is 0 Å². The van der Waals surface area contributed by atoms with Crippen molar-refractivity contribution >= 4 is 17.5 Å². The van der Waals surface area contributed by atoms with Crippen LogP contribution in [0.4, 0.5) is 11.6 Å². The van der Waals surface area contributed by atoms with Gasteiger partial charge in [-0.25, -0.2) is 9.97 Å². The standard InChI is InChI=1S/C17H22N4O3/c1-17(2,3)21-16-18-9-8-12(20-16)15(22)19-11-6-7-13(23-4)14(10-11)24-5/h6-10H,1-5H3,(H,19,22)(H,18,20,21). The molecule has 2 rings (SSSR count). The van der Waals surface area contributed by atoms with Crippen LogP contribution in [-0.2, 0) is 0 Å². The Morgan fingerprint density at radius 3 is 2.42 bits per heavy atom. The van der Waals surface area contributed by atoms with E-state index >= 15 is 0 Å². The highest BCUT2D eigenvalue weighted by molar-refractivity contribution is 6.03. The second kappa shape index (κ2) is 7.16. The lowest BCUT2D eigenvalue weighted by Gasteiger charge is -2.20. The van der Waals surface area contributed by atoms with E-state index in [0.29, 0.717) is 23.1 Å². The van der Waals surface area contributed by atoms with Crippen molar-refractivity contribution in [2.45, 2.75) is 26.3 Å². The number of rotatable bonds is 5. The first-order chi connectivity index (χ1) is 11.3. The van der Waals surface area contributed by atoms with E-state index < -0.39 is 0 Å². The summed E-state index contributed by atoms with van der Waals surface area (Å²) in [5.41, 5.74) is 0.659. The van der Waals surface area contributed by atoms with Gasteiger partial charge in [0.2, 0.25) is 5.95 Å².